The molecule has 0 bridgehead atoms. The molecule has 3 aliphatic heterocycles. The number of hydrogen-bond donors (Lipinski definition) is 1. The van der Waals surface area contributed by atoms with Crippen molar-refractivity contribution < 1.29 is 18.0 Å². The van der Waals surface area contributed by atoms with Gasteiger partial charge < -0.3 is 10.2 Å². The minimum absolute atomic E-state index is 0.000409. The molecule has 1 aromatic rings. The number of amides is 3. The van der Waals surface area contributed by atoms with Crippen LogP contribution in [0.1, 0.15) is 23.6 Å². The van der Waals surface area contributed by atoms with Crippen molar-refractivity contribution in [3.63, 3.8) is 0 Å². The Bertz CT molecular complexity index is 920. The van der Waals surface area contributed by atoms with E-state index >= 15 is 0 Å². The largest absolute Gasteiger partial charge is 0.329 e. The first kappa shape index (κ1) is 17.1. The zero-order valence-electron chi connectivity index (χ0n) is 14.7. The van der Waals surface area contributed by atoms with Crippen LogP contribution in [0.4, 0.5) is 4.79 Å². The molecule has 1 fully saturated rings. The molecule has 8 heteroatoms. The number of carbonyl (C=O) groups excluding carboxylic acids is 2. The first-order valence-corrected chi connectivity index (χ1v) is 10.4. The van der Waals surface area contributed by atoms with Gasteiger partial charge in [0.05, 0.1) is 35.4 Å². The topological polar surface area (TPSA) is 86.8 Å². The van der Waals surface area contributed by atoms with Crippen molar-refractivity contribution in [1.82, 2.24) is 15.1 Å². The maximum absolute atomic E-state index is 13.1. The van der Waals surface area contributed by atoms with E-state index in [2.05, 4.69) is 5.32 Å². The molecular formula is C18H21N3O4S. The van der Waals surface area contributed by atoms with Crippen LogP contribution < -0.4 is 5.32 Å². The van der Waals surface area contributed by atoms with Crippen molar-refractivity contribution in [2.45, 2.75) is 25.4 Å². The average molecular weight is 375 g/mol. The molecule has 0 aliphatic carbocycles. The van der Waals surface area contributed by atoms with E-state index in [1.54, 1.807) is 11.9 Å². The number of nitrogens with zero attached hydrogens (tertiary/aromatic N) is 2. The summed E-state index contributed by atoms with van der Waals surface area (Å²) in [4.78, 5) is 28.6. The van der Waals surface area contributed by atoms with Crippen LogP contribution in [-0.2, 0) is 14.6 Å². The lowest BCUT2D eigenvalue weighted by Gasteiger charge is -2.31. The number of rotatable bonds is 2. The second-order valence-corrected chi connectivity index (χ2v) is 9.43. The van der Waals surface area contributed by atoms with Crippen LogP contribution in [0.25, 0.3) is 0 Å². The van der Waals surface area contributed by atoms with Crippen LogP contribution in [0, 0.1) is 6.92 Å². The number of carbonyl (C=O) groups is 2. The highest BCUT2D eigenvalue weighted by molar-refractivity contribution is 7.91. The summed E-state index contributed by atoms with van der Waals surface area (Å²) in [6.07, 6.45) is 0.453. The van der Waals surface area contributed by atoms with Gasteiger partial charge in [0.25, 0.3) is 5.91 Å². The molecule has 0 unspecified atom stereocenters. The summed E-state index contributed by atoms with van der Waals surface area (Å²) in [5.41, 5.74) is 3.14. The maximum atomic E-state index is 13.1. The predicted molar refractivity (Wildman–Crippen MR) is 96.0 cm³/mol. The van der Waals surface area contributed by atoms with E-state index in [1.807, 2.05) is 31.2 Å². The highest BCUT2D eigenvalue weighted by Gasteiger charge is 2.46. The van der Waals surface area contributed by atoms with Gasteiger partial charge in [0.1, 0.15) is 0 Å². The van der Waals surface area contributed by atoms with Crippen LogP contribution in [0.5, 0.6) is 0 Å². The molecule has 138 valence electrons. The summed E-state index contributed by atoms with van der Waals surface area (Å²) in [5.74, 6) is -0.0698. The monoisotopic (exact) mass is 375 g/mol. The van der Waals surface area contributed by atoms with E-state index in [0.29, 0.717) is 17.7 Å². The molecule has 1 N–H and O–H groups in total. The third kappa shape index (κ3) is 2.68. The highest BCUT2D eigenvalue weighted by Crippen LogP contribution is 2.37. The van der Waals surface area contributed by atoms with E-state index in [9.17, 15) is 18.0 Å². The minimum Gasteiger partial charge on any atom is -0.329 e. The van der Waals surface area contributed by atoms with Crippen LogP contribution >= 0.6 is 0 Å². The van der Waals surface area contributed by atoms with Crippen molar-refractivity contribution in [3.8, 4) is 0 Å². The lowest BCUT2D eigenvalue weighted by Crippen LogP contribution is -2.45. The van der Waals surface area contributed by atoms with Gasteiger partial charge in [-0.05, 0) is 18.9 Å². The molecule has 3 aliphatic rings. The minimum atomic E-state index is -3.09. The molecule has 7 nitrogen and oxygen atoms in total. The molecule has 4 rings (SSSR count). The summed E-state index contributed by atoms with van der Waals surface area (Å²) >= 11 is 0. The quantitative estimate of drug-likeness (QED) is 0.835. The van der Waals surface area contributed by atoms with Crippen LogP contribution in [0.3, 0.4) is 0 Å². The SMILES string of the molecule is Cc1ccc([C@H]2NC(=O)N(C)C3=C2C(=O)N([C@@H]2CCS(=O)(=O)C2)C3)cc1. The van der Waals surface area contributed by atoms with E-state index in [0.717, 1.165) is 11.1 Å². The highest BCUT2D eigenvalue weighted by atomic mass is 32.2. The summed E-state index contributed by atoms with van der Waals surface area (Å²) < 4.78 is 23.6. The van der Waals surface area contributed by atoms with Gasteiger partial charge in [0, 0.05) is 13.1 Å². The van der Waals surface area contributed by atoms with Gasteiger partial charge in [-0.25, -0.2) is 13.2 Å². The van der Waals surface area contributed by atoms with Crippen molar-refractivity contribution in [2.75, 3.05) is 25.1 Å². The van der Waals surface area contributed by atoms with Crippen LogP contribution in [-0.4, -0.2) is 61.3 Å². The summed E-state index contributed by atoms with van der Waals surface area (Å²) in [6.45, 7) is 2.26. The molecular weight excluding hydrogens is 354 g/mol. The standard InChI is InChI=1S/C18H21N3O4S/c1-11-3-5-12(6-4-11)16-15-14(20(2)18(23)19-16)9-21(17(15)22)13-7-8-26(24,25)10-13/h3-6,13,16H,7-10H2,1-2H3,(H,19,23)/t13-,16-/m1/s1. The Morgan fingerprint density at radius 2 is 1.85 bits per heavy atom. The predicted octanol–water partition coefficient (Wildman–Crippen LogP) is 0.975. The Hall–Kier alpha value is -2.35. The number of likely N-dealkylation sites (N-methyl/N-ethyl adjacent to an activating group) is 1. The lowest BCUT2D eigenvalue weighted by atomic mass is 9.95. The lowest BCUT2D eigenvalue weighted by molar-refractivity contribution is -0.127. The molecule has 1 aromatic carbocycles. The Morgan fingerprint density at radius 1 is 1.15 bits per heavy atom. The second kappa shape index (κ2) is 5.84. The molecule has 0 spiro atoms. The summed E-state index contributed by atoms with van der Waals surface area (Å²) in [7, 11) is -1.46. The number of aryl methyl sites for hydroxylation is 1. The number of benzene rings is 1. The molecule has 26 heavy (non-hydrogen) atoms. The molecule has 1 saturated heterocycles. The normalized spacial score (nSPS) is 27.8. The van der Waals surface area contributed by atoms with Gasteiger partial charge in [-0.15, -0.1) is 0 Å². The Kier molecular flexibility index (Phi) is 3.83. The van der Waals surface area contributed by atoms with Gasteiger partial charge in [-0.3, -0.25) is 9.69 Å². The van der Waals surface area contributed by atoms with Gasteiger partial charge in [0.2, 0.25) is 0 Å². The fourth-order valence-electron chi connectivity index (χ4n) is 3.91. The van der Waals surface area contributed by atoms with Crippen molar-refractivity contribution in [2.24, 2.45) is 0 Å². The Balaban J connectivity index is 1.70. The Labute approximate surface area is 152 Å². The van der Waals surface area contributed by atoms with Gasteiger partial charge in [0.15, 0.2) is 9.84 Å². The van der Waals surface area contributed by atoms with Crippen molar-refractivity contribution in [1.29, 1.82) is 0 Å². The van der Waals surface area contributed by atoms with Gasteiger partial charge >= 0.3 is 6.03 Å². The number of urea groups is 1. The van der Waals surface area contributed by atoms with Crippen molar-refractivity contribution in [3.05, 3.63) is 46.7 Å². The van der Waals surface area contributed by atoms with E-state index < -0.39 is 15.9 Å². The zero-order valence-corrected chi connectivity index (χ0v) is 15.5. The summed E-state index contributed by atoms with van der Waals surface area (Å²) in [6, 6.07) is 6.62. The number of sulfone groups is 1. The molecule has 3 amide bonds. The second-order valence-electron chi connectivity index (χ2n) is 7.20. The molecule has 0 saturated carbocycles. The third-order valence-electron chi connectivity index (χ3n) is 5.45. The fourth-order valence-corrected chi connectivity index (χ4v) is 5.64. The first-order chi connectivity index (χ1) is 12.3. The van der Waals surface area contributed by atoms with E-state index in [4.69, 9.17) is 0 Å². The smallest absolute Gasteiger partial charge is 0.322 e. The third-order valence-corrected chi connectivity index (χ3v) is 7.20. The Morgan fingerprint density at radius 3 is 2.46 bits per heavy atom. The van der Waals surface area contributed by atoms with E-state index in [-0.39, 0.29) is 36.0 Å². The molecule has 2 atom stereocenters. The van der Waals surface area contributed by atoms with Gasteiger partial charge in [-0.2, -0.15) is 0 Å². The molecule has 0 radical (unpaired) electrons. The summed E-state index contributed by atoms with van der Waals surface area (Å²) in [5, 5.41) is 2.89. The average Bonchev–Trinajstić information content (AvgIpc) is 3.12. The van der Waals surface area contributed by atoms with E-state index in [1.165, 1.54) is 4.90 Å². The molecule has 3 heterocycles. The van der Waals surface area contributed by atoms with Gasteiger partial charge in [-0.1, -0.05) is 29.8 Å². The van der Waals surface area contributed by atoms with Crippen LogP contribution in [0.2, 0.25) is 0 Å². The maximum Gasteiger partial charge on any atom is 0.322 e. The number of hydrogen-bond acceptors (Lipinski definition) is 4. The van der Waals surface area contributed by atoms with Crippen LogP contribution in [0.15, 0.2) is 35.5 Å². The molecule has 0 aromatic heterocycles. The first-order valence-electron chi connectivity index (χ1n) is 8.62. The van der Waals surface area contributed by atoms with Crippen molar-refractivity contribution >= 4 is 21.8 Å². The fraction of sp³-hybridized carbons (Fsp3) is 0.444. The zero-order chi connectivity index (χ0) is 18.6. The number of nitrogens with one attached hydrogen (secondary N) is 1.